The van der Waals surface area contributed by atoms with Crippen molar-refractivity contribution in [3.05, 3.63) is 35.2 Å². The molecule has 0 bridgehead atoms. The second-order valence-corrected chi connectivity index (χ2v) is 5.04. The van der Waals surface area contributed by atoms with Gasteiger partial charge in [0, 0.05) is 29.0 Å². The predicted octanol–water partition coefficient (Wildman–Crippen LogP) is 2.40. The lowest BCUT2D eigenvalue weighted by Crippen LogP contribution is -2.01. The van der Waals surface area contributed by atoms with Crippen LogP contribution in [0, 0.1) is 0 Å². The van der Waals surface area contributed by atoms with Gasteiger partial charge in [-0.2, -0.15) is 11.8 Å². The van der Waals surface area contributed by atoms with E-state index in [1.807, 2.05) is 17.1 Å². The van der Waals surface area contributed by atoms with Gasteiger partial charge in [0.25, 0.3) is 0 Å². The van der Waals surface area contributed by atoms with E-state index in [9.17, 15) is 0 Å². The highest BCUT2D eigenvalue weighted by molar-refractivity contribution is 7.98. The third-order valence-corrected chi connectivity index (χ3v) is 3.71. The van der Waals surface area contributed by atoms with E-state index < -0.39 is 0 Å². The number of thioether (sulfide) groups is 1. The maximum atomic E-state index is 5.45. The van der Waals surface area contributed by atoms with Gasteiger partial charge in [0.1, 0.15) is 5.69 Å². The highest BCUT2D eigenvalue weighted by Gasteiger charge is 2.00. The maximum Gasteiger partial charge on any atom is 0.105 e. The molecular weight excluding hydrogens is 238 g/mol. The molecule has 0 fully saturated rings. The molecule has 0 saturated carbocycles. The Labute approximate surface area is 103 Å². The molecule has 2 rings (SSSR count). The SMILES string of the molecule is NCCSCc1ccc(-c2csnn2)cc1. The van der Waals surface area contributed by atoms with Crippen LogP contribution in [-0.2, 0) is 5.75 Å². The van der Waals surface area contributed by atoms with E-state index in [1.54, 1.807) is 0 Å². The van der Waals surface area contributed by atoms with Crippen LogP contribution in [0.4, 0.5) is 0 Å². The zero-order valence-electron chi connectivity index (χ0n) is 8.80. The van der Waals surface area contributed by atoms with Crippen LogP contribution >= 0.6 is 23.3 Å². The van der Waals surface area contributed by atoms with Gasteiger partial charge in [0.2, 0.25) is 0 Å². The molecule has 0 unspecified atom stereocenters. The Kier molecular flexibility index (Phi) is 4.33. The topological polar surface area (TPSA) is 51.8 Å². The Morgan fingerprint density at radius 2 is 2.06 bits per heavy atom. The lowest BCUT2D eigenvalue weighted by Gasteiger charge is -2.01. The zero-order valence-corrected chi connectivity index (χ0v) is 10.4. The zero-order chi connectivity index (χ0) is 11.2. The molecule has 0 aliphatic carbocycles. The van der Waals surface area contributed by atoms with E-state index in [-0.39, 0.29) is 0 Å². The molecule has 84 valence electrons. The summed E-state index contributed by atoms with van der Waals surface area (Å²) >= 11 is 3.24. The van der Waals surface area contributed by atoms with Crippen LogP contribution in [0.2, 0.25) is 0 Å². The van der Waals surface area contributed by atoms with Crippen LogP contribution in [0.15, 0.2) is 29.6 Å². The Morgan fingerprint density at radius 1 is 1.25 bits per heavy atom. The first-order chi connectivity index (χ1) is 7.90. The smallest absolute Gasteiger partial charge is 0.105 e. The summed E-state index contributed by atoms with van der Waals surface area (Å²) in [6.45, 7) is 0.743. The normalized spacial score (nSPS) is 10.6. The molecular formula is C11H13N3S2. The van der Waals surface area contributed by atoms with Crippen molar-refractivity contribution in [3.8, 4) is 11.3 Å². The molecule has 2 aromatic rings. The lowest BCUT2D eigenvalue weighted by atomic mass is 10.1. The van der Waals surface area contributed by atoms with Gasteiger partial charge < -0.3 is 5.73 Å². The lowest BCUT2D eigenvalue weighted by molar-refractivity contribution is 1.15. The van der Waals surface area contributed by atoms with Crippen molar-refractivity contribution in [2.45, 2.75) is 5.75 Å². The Balaban J connectivity index is 2.00. The number of benzene rings is 1. The molecule has 1 aromatic heterocycles. The maximum absolute atomic E-state index is 5.45. The molecule has 1 heterocycles. The fourth-order valence-electron chi connectivity index (χ4n) is 1.34. The van der Waals surface area contributed by atoms with Crippen LogP contribution < -0.4 is 5.73 Å². The van der Waals surface area contributed by atoms with Gasteiger partial charge in [-0.3, -0.25) is 0 Å². The van der Waals surface area contributed by atoms with E-state index in [0.717, 1.165) is 29.3 Å². The van der Waals surface area contributed by atoms with Crippen LogP contribution in [0.5, 0.6) is 0 Å². The molecule has 3 nitrogen and oxygen atoms in total. The van der Waals surface area contributed by atoms with Crippen LogP contribution in [0.1, 0.15) is 5.56 Å². The summed E-state index contributed by atoms with van der Waals surface area (Å²) in [6, 6.07) is 8.46. The molecule has 0 aliphatic heterocycles. The third-order valence-electron chi connectivity index (χ3n) is 2.14. The minimum atomic E-state index is 0.743. The second-order valence-electron chi connectivity index (χ2n) is 3.33. The van der Waals surface area contributed by atoms with Gasteiger partial charge in [0.05, 0.1) is 0 Å². The summed E-state index contributed by atoms with van der Waals surface area (Å²) in [5.74, 6) is 2.03. The minimum Gasteiger partial charge on any atom is -0.330 e. The standard InChI is InChI=1S/C11H13N3S2/c12-5-6-15-7-9-1-3-10(4-2-9)11-8-16-14-13-11/h1-4,8H,5-7,12H2. The van der Waals surface area contributed by atoms with Gasteiger partial charge in [-0.25, -0.2) is 0 Å². The van der Waals surface area contributed by atoms with Gasteiger partial charge >= 0.3 is 0 Å². The van der Waals surface area contributed by atoms with Crippen LogP contribution in [-0.4, -0.2) is 21.9 Å². The van der Waals surface area contributed by atoms with Gasteiger partial charge in [-0.05, 0) is 17.1 Å². The number of rotatable bonds is 5. The van der Waals surface area contributed by atoms with E-state index in [2.05, 4.69) is 33.9 Å². The molecule has 0 radical (unpaired) electrons. The number of nitrogens with two attached hydrogens (primary N) is 1. The summed E-state index contributed by atoms with van der Waals surface area (Å²) in [6.07, 6.45) is 0. The molecule has 16 heavy (non-hydrogen) atoms. The van der Waals surface area contributed by atoms with Crippen molar-refractivity contribution in [2.75, 3.05) is 12.3 Å². The molecule has 1 aromatic carbocycles. The number of hydrogen-bond donors (Lipinski definition) is 1. The highest BCUT2D eigenvalue weighted by atomic mass is 32.2. The third kappa shape index (κ3) is 3.04. The fraction of sp³-hybridized carbons (Fsp3) is 0.273. The largest absolute Gasteiger partial charge is 0.330 e. The first kappa shape index (κ1) is 11.6. The first-order valence-corrected chi connectivity index (χ1v) is 7.03. The molecule has 0 saturated heterocycles. The van der Waals surface area contributed by atoms with Crippen molar-refractivity contribution in [1.82, 2.24) is 9.59 Å². The monoisotopic (exact) mass is 251 g/mol. The van der Waals surface area contributed by atoms with Crippen LogP contribution in [0.3, 0.4) is 0 Å². The van der Waals surface area contributed by atoms with Gasteiger partial charge in [-0.1, -0.05) is 28.8 Å². The number of nitrogens with zero attached hydrogens (tertiary/aromatic N) is 2. The van der Waals surface area contributed by atoms with E-state index in [4.69, 9.17) is 5.73 Å². The Morgan fingerprint density at radius 3 is 2.69 bits per heavy atom. The molecule has 5 heteroatoms. The number of aromatic nitrogens is 2. The molecule has 0 amide bonds. The van der Waals surface area contributed by atoms with Crippen molar-refractivity contribution < 1.29 is 0 Å². The van der Waals surface area contributed by atoms with Crippen molar-refractivity contribution in [2.24, 2.45) is 5.73 Å². The van der Waals surface area contributed by atoms with Gasteiger partial charge in [-0.15, -0.1) is 5.10 Å². The summed E-state index contributed by atoms with van der Waals surface area (Å²) in [4.78, 5) is 0. The van der Waals surface area contributed by atoms with E-state index in [1.165, 1.54) is 17.1 Å². The summed E-state index contributed by atoms with van der Waals surface area (Å²) in [5.41, 5.74) is 8.85. The average Bonchev–Trinajstić information content (AvgIpc) is 2.84. The van der Waals surface area contributed by atoms with Crippen molar-refractivity contribution in [1.29, 1.82) is 0 Å². The molecule has 0 spiro atoms. The number of hydrogen-bond acceptors (Lipinski definition) is 5. The van der Waals surface area contributed by atoms with Crippen LogP contribution in [0.25, 0.3) is 11.3 Å². The Bertz CT molecular complexity index is 411. The predicted molar refractivity (Wildman–Crippen MR) is 70.6 cm³/mol. The first-order valence-electron chi connectivity index (χ1n) is 5.04. The van der Waals surface area contributed by atoms with E-state index in [0.29, 0.717) is 0 Å². The quantitative estimate of drug-likeness (QED) is 0.829. The van der Waals surface area contributed by atoms with Crippen molar-refractivity contribution in [3.63, 3.8) is 0 Å². The minimum absolute atomic E-state index is 0.743. The summed E-state index contributed by atoms with van der Waals surface area (Å²) < 4.78 is 3.86. The molecule has 0 atom stereocenters. The second kappa shape index (κ2) is 5.98. The average molecular weight is 251 g/mol. The summed E-state index contributed by atoms with van der Waals surface area (Å²) in [7, 11) is 0. The molecule has 2 N–H and O–H groups in total. The van der Waals surface area contributed by atoms with Crippen molar-refractivity contribution >= 4 is 23.3 Å². The Hall–Kier alpha value is -0.910. The van der Waals surface area contributed by atoms with Gasteiger partial charge in [0.15, 0.2) is 0 Å². The fourth-order valence-corrected chi connectivity index (χ4v) is 2.54. The van der Waals surface area contributed by atoms with E-state index >= 15 is 0 Å². The molecule has 0 aliphatic rings. The highest BCUT2D eigenvalue weighted by Crippen LogP contribution is 2.20. The summed E-state index contributed by atoms with van der Waals surface area (Å²) in [5, 5.41) is 5.99.